The third-order valence-electron chi connectivity index (χ3n) is 9.73. The molecule has 0 aliphatic rings. The van der Waals surface area contributed by atoms with Crippen molar-refractivity contribution in [3.05, 3.63) is 182 Å². The van der Waals surface area contributed by atoms with Crippen LogP contribution < -0.4 is 4.90 Å². The molecule has 0 aliphatic heterocycles. The zero-order valence-electron chi connectivity index (χ0n) is 28.0. The number of para-hydroxylation sites is 3. The molecule has 5 nitrogen and oxygen atoms in total. The van der Waals surface area contributed by atoms with E-state index in [1.807, 2.05) is 48.7 Å². The van der Waals surface area contributed by atoms with Crippen LogP contribution in [0.15, 0.2) is 187 Å². The third kappa shape index (κ3) is 5.32. The van der Waals surface area contributed by atoms with E-state index in [1.54, 1.807) is 0 Å². The lowest BCUT2D eigenvalue weighted by atomic mass is 10.0. The van der Waals surface area contributed by atoms with Gasteiger partial charge in [0.15, 0.2) is 0 Å². The molecule has 4 heterocycles. The molecule has 6 aromatic carbocycles. The summed E-state index contributed by atoms with van der Waals surface area (Å²) in [5, 5.41) is 4.35. The van der Waals surface area contributed by atoms with E-state index in [0.29, 0.717) is 5.71 Å². The molecule has 0 unspecified atom stereocenters. The largest absolute Gasteiger partial charge is 0.438 e. The van der Waals surface area contributed by atoms with Gasteiger partial charge in [-0.05, 0) is 78.4 Å². The number of fused-ring (bicyclic) bond motifs is 5. The van der Waals surface area contributed by atoms with Crippen LogP contribution in [0.1, 0.15) is 0 Å². The van der Waals surface area contributed by atoms with Gasteiger partial charge in [0.2, 0.25) is 5.71 Å². The van der Waals surface area contributed by atoms with E-state index in [-0.39, 0.29) is 0 Å². The van der Waals surface area contributed by atoms with Crippen molar-refractivity contribution < 1.29 is 4.42 Å². The summed E-state index contributed by atoms with van der Waals surface area (Å²) >= 11 is 0. The molecule has 4 aromatic heterocycles. The first-order valence-electron chi connectivity index (χ1n) is 17.3. The summed E-state index contributed by atoms with van der Waals surface area (Å²) in [6, 6.07) is 61.1. The molecule has 0 radical (unpaired) electrons. The Morgan fingerprint density at radius 2 is 0.904 bits per heavy atom. The predicted molar refractivity (Wildman–Crippen MR) is 213 cm³/mol. The maximum Gasteiger partial charge on any atom is 0.227 e. The van der Waals surface area contributed by atoms with E-state index >= 15 is 0 Å². The number of nitrogens with zero attached hydrogens (tertiary/aromatic N) is 4. The molecule has 0 amide bonds. The van der Waals surface area contributed by atoms with Gasteiger partial charge in [0.05, 0.1) is 22.4 Å². The number of rotatable bonds is 6. The highest BCUT2D eigenvalue weighted by atomic mass is 16.3. The molecule has 0 aliphatic carbocycles. The van der Waals surface area contributed by atoms with Crippen molar-refractivity contribution >= 4 is 60.9 Å². The molecule has 0 bridgehead atoms. The first-order valence-corrected chi connectivity index (χ1v) is 17.3. The lowest BCUT2D eigenvalue weighted by Gasteiger charge is -2.26. The molecule has 0 atom stereocenters. The Balaban J connectivity index is 1.02. The number of anilines is 3. The van der Waals surface area contributed by atoms with Gasteiger partial charge in [0.1, 0.15) is 5.58 Å². The van der Waals surface area contributed by atoms with E-state index in [4.69, 9.17) is 14.4 Å². The summed E-state index contributed by atoms with van der Waals surface area (Å²) < 4.78 is 5.98. The van der Waals surface area contributed by atoms with Crippen molar-refractivity contribution in [1.29, 1.82) is 0 Å². The van der Waals surface area contributed by atoms with Gasteiger partial charge in [-0.3, -0.25) is 0 Å². The lowest BCUT2D eigenvalue weighted by molar-refractivity contribution is 0.654. The molecule has 0 spiro atoms. The van der Waals surface area contributed by atoms with Gasteiger partial charge in [-0.15, -0.1) is 0 Å². The second-order valence-corrected chi connectivity index (χ2v) is 12.9. The van der Waals surface area contributed by atoms with E-state index in [0.717, 1.165) is 88.9 Å². The minimum absolute atomic E-state index is 0.650. The van der Waals surface area contributed by atoms with Crippen LogP contribution in [-0.4, -0.2) is 15.0 Å². The molecule has 0 saturated heterocycles. The smallest absolute Gasteiger partial charge is 0.227 e. The Hall–Kier alpha value is -7.11. The summed E-state index contributed by atoms with van der Waals surface area (Å²) in [4.78, 5) is 16.8. The highest BCUT2D eigenvalue weighted by Crippen LogP contribution is 2.38. The van der Waals surface area contributed by atoms with E-state index < -0.39 is 0 Å². The Kier molecular flexibility index (Phi) is 7.07. The highest BCUT2D eigenvalue weighted by molar-refractivity contribution is 6.04. The van der Waals surface area contributed by atoms with Gasteiger partial charge in [0, 0.05) is 61.5 Å². The van der Waals surface area contributed by atoms with Crippen LogP contribution in [0.2, 0.25) is 0 Å². The normalized spacial score (nSPS) is 11.5. The van der Waals surface area contributed by atoms with Crippen molar-refractivity contribution in [3.63, 3.8) is 0 Å². The van der Waals surface area contributed by atoms with Crippen molar-refractivity contribution in [2.24, 2.45) is 0 Å². The fourth-order valence-electron chi connectivity index (χ4n) is 7.03. The van der Waals surface area contributed by atoms with Gasteiger partial charge in [0.25, 0.3) is 0 Å². The third-order valence-corrected chi connectivity index (χ3v) is 9.73. The zero-order valence-corrected chi connectivity index (χ0v) is 28.0. The summed E-state index contributed by atoms with van der Waals surface area (Å²) in [7, 11) is 0. The monoisotopic (exact) mass is 666 g/mol. The predicted octanol–water partition coefficient (Wildman–Crippen LogP) is 12.5. The maximum atomic E-state index is 5.98. The van der Waals surface area contributed by atoms with Gasteiger partial charge >= 0.3 is 0 Å². The maximum absolute atomic E-state index is 5.98. The summed E-state index contributed by atoms with van der Waals surface area (Å²) in [5.74, 6) is 0. The fourth-order valence-corrected chi connectivity index (χ4v) is 7.03. The lowest BCUT2D eigenvalue weighted by Crippen LogP contribution is -2.09. The minimum Gasteiger partial charge on any atom is -0.438 e. The quantitative estimate of drug-likeness (QED) is 0.177. The van der Waals surface area contributed by atoms with Crippen molar-refractivity contribution in [2.45, 2.75) is 0 Å². The molecule has 5 heteroatoms. The van der Waals surface area contributed by atoms with Crippen LogP contribution in [0.25, 0.3) is 77.5 Å². The van der Waals surface area contributed by atoms with Crippen LogP contribution in [0.3, 0.4) is 0 Å². The number of aromatic nitrogens is 3. The number of hydrogen-bond acceptors (Lipinski definition) is 5. The van der Waals surface area contributed by atoms with Crippen molar-refractivity contribution in [2.75, 3.05) is 4.90 Å². The Morgan fingerprint density at radius 3 is 1.48 bits per heavy atom. The fraction of sp³-hybridized carbons (Fsp3) is 0. The number of pyridine rings is 3. The van der Waals surface area contributed by atoms with Crippen molar-refractivity contribution in [3.8, 4) is 33.6 Å². The molecule has 0 N–H and O–H groups in total. The van der Waals surface area contributed by atoms with Gasteiger partial charge in [-0.2, -0.15) is 0 Å². The average Bonchev–Trinajstić information content (AvgIpc) is 3.59. The van der Waals surface area contributed by atoms with Gasteiger partial charge < -0.3 is 9.32 Å². The van der Waals surface area contributed by atoms with Gasteiger partial charge in [-0.25, -0.2) is 15.0 Å². The molecule has 244 valence electrons. The number of furan rings is 1. The second kappa shape index (κ2) is 12.3. The molecule has 10 aromatic rings. The molecule has 0 saturated carbocycles. The second-order valence-electron chi connectivity index (χ2n) is 12.9. The van der Waals surface area contributed by atoms with Crippen molar-refractivity contribution in [1.82, 2.24) is 15.0 Å². The molecular formula is C47H30N4O. The Labute approximate surface area is 300 Å². The van der Waals surface area contributed by atoms with Crippen LogP contribution in [0, 0.1) is 0 Å². The number of hydrogen-bond donors (Lipinski definition) is 0. The standard InChI is InChI=1S/C47H30N4O/c1-4-10-42-32(7-1)19-27-44(49-42)34-15-23-38(24-16-34)51(39-25-17-35(18-26-39)45-28-20-33-8-2-5-11-43(33)50-45)37-21-13-31(14-22-37)36-29-41-40-9-3-6-12-46(40)52-47(41)48-30-36/h1-30H. The molecule has 0 fully saturated rings. The highest BCUT2D eigenvalue weighted by Gasteiger charge is 2.15. The summed E-state index contributed by atoms with van der Waals surface area (Å²) in [6.07, 6.45) is 1.89. The SMILES string of the molecule is c1ccc2nc(-c3ccc(N(c4ccc(-c5cnc6oc7ccccc7c6c5)cc4)c4ccc(-c5ccc6ccccc6n5)cc4)cc3)ccc2c1. The molecule has 10 rings (SSSR count). The van der Waals surface area contributed by atoms with Crippen LogP contribution in [0.5, 0.6) is 0 Å². The molecule has 52 heavy (non-hydrogen) atoms. The van der Waals surface area contributed by atoms with Crippen LogP contribution >= 0.6 is 0 Å². The first kappa shape index (κ1) is 29.8. The van der Waals surface area contributed by atoms with E-state index in [9.17, 15) is 0 Å². The van der Waals surface area contributed by atoms with E-state index in [1.165, 1.54) is 0 Å². The minimum atomic E-state index is 0.650. The number of benzene rings is 6. The average molecular weight is 667 g/mol. The topological polar surface area (TPSA) is 55.1 Å². The van der Waals surface area contributed by atoms with Gasteiger partial charge in [-0.1, -0.05) is 103 Å². The van der Waals surface area contributed by atoms with E-state index in [2.05, 4.69) is 143 Å². The molecular weight excluding hydrogens is 637 g/mol. The first-order chi connectivity index (χ1) is 25.7. The summed E-state index contributed by atoms with van der Waals surface area (Å²) in [6.45, 7) is 0. The zero-order chi connectivity index (χ0) is 34.4. The summed E-state index contributed by atoms with van der Waals surface area (Å²) in [5.41, 5.74) is 12.8. The Morgan fingerprint density at radius 1 is 0.404 bits per heavy atom. The van der Waals surface area contributed by atoms with Crippen LogP contribution in [-0.2, 0) is 0 Å². The Bertz CT molecular complexity index is 2770. The van der Waals surface area contributed by atoms with Crippen LogP contribution in [0.4, 0.5) is 17.1 Å².